The number of nitrogens with two attached hydrogens (primary N) is 1. The number of primary amides is 1. The molecule has 0 bridgehead atoms. The molecule has 0 aliphatic carbocycles. The summed E-state index contributed by atoms with van der Waals surface area (Å²) in [6.07, 6.45) is 0. The Labute approximate surface area is 133 Å². The molecule has 0 aliphatic heterocycles. The van der Waals surface area contributed by atoms with Crippen LogP contribution in [-0.4, -0.2) is 45.6 Å². The molecule has 0 spiro atoms. The number of rotatable bonds is 3. The van der Waals surface area contributed by atoms with Crippen LogP contribution in [0.15, 0.2) is 27.6 Å². The van der Waals surface area contributed by atoms with Crippen molar-refractivity contribution in [1.82, 2.24) is 20.3 Å². The van der Waals surface area contributed by atoms with E-state index in [9.17, 15) is 9.59 Å². The Hall–Kier alpha value is -1.87. The van der Waals surface area contributed by atoms with E-state index in [2.05, 4.69) is 31.3 Å². The summed E-state index contributed by atoms with van der Waals surface area (Å²) in [5.41, 5.74) is 6.25. The minimum atomic E-state index is -0.684. The Bertz CT molecular complexity index is 701. The lowest BCUT2D eigenvalue weighted by molar-refractivity contribution is 0.0996. The number of nitrogens with one attached hydrogen (secondary N) is 1. The number of carbonyl (C=O) groups is 2. The van der Waals surface area contributed by atoms with Crippen LogP contribution < -0.4 is 5.73 Å². The van der Waals surface area contributed by atoms with Crippen molar-refractivity contribution in [3.8, 4) is 11.3 Å². The van der Waals surface area contributed by atoms with Crippen molar-refractivity contribution in [1.29, 1.82) is 0 Å². The van der Waals surface area contributed by atoms with Gasteiger partial charge in [-0.25, -0.2) is 0 Å². The van der Waals surface area contributed by atoms with Gasteiger partial charge in [0.15, 0.2) is 5.69 Å². The Kier molecular flexibility index (Phi) is 4.63. The zero-order valence-electron chi connectivity index (χ0n) is 11.3. The Morgan fingerprint density at radius 3 is 2.67 bits per heavy atom. The van der Waals surface area contributed by atoms with Crippen molar-refractivity contribution in [2.24, 2.45) is 5.73 Å². The fraction of sp³-hybridized carbons (Fsp3) is 0.167. The summed E-state index contributed by atoms with van der Waals surface area (Å²) in [6, 6.07) is 5.32. The standard InChI is InChI=1S/C12H12BrN5O2S/c1-18(2)12(20)21-8-5-6(13)3-4-7(8)9-10(11(14)19)16-17-15-9/h3-5H,1-2H3,(H2,14,19)(H,15,16,17). The molecule has 3 N–H and O–H groups in total. The van der Waals surface area contributed by atoms with Crippen LogP contribution in [-0.2, 0) is 0 Å². The lowest BCUT2D eigenvalue weighted by atomic mass is 10.1. The lowest BCUT2D eigenvalue weighted by Crippen LogP contribution is -2.16. The molecular weight excluding hydrogens is 358 g/mol. The van der Waals surface area contributed by atoms with Gasteiger partial charge in [0.1, 0.15) is 5.69 Å². The van der Waals surface area contributed by atoms with Crippen molar-refractivity contribution in [2.45, 2.75) is 4.90 Å². The molecule has 0 unspecified atom stereocenters. The lowest BCUT2D eigenvalue weighted by Gasteiger charge is -2.12. The van der Waals surface area contributed by atoms with Crippen molar-refractivity contribution >= 4 is 38.8 Å². The third-order valence-corrected chi connectivity index (χ3v) is 4.13. The molecule has 1 aromatic heterocycles. The number of amides is 2. The second-order valence-corrected chi connectivity index (χ2v) is 6.20. The summed E-state index contributed by atoms with van der Waals surface area (Å²) in [6.45, 7) is 0. The maximum absolute atomic E-state index is 11.9. The fourth-order valence-electron chi connectivity index (χ4n) is 1.55. The van der Waals surface area contributed by atoms with Gasteiger partial charge in [-0.2, -0.15) is 15.4 Å². The van der Waals surface area contributed by atoms with Crippen molar-refractivity contribution in [3.63, 3.8) is 0 Å². The van der Waals surface area contributed by atoms with E-state index in [1.807, 2.05) is 0 Å². The zero-order chi connectivity index (χ0) is 15.6. The van der Waals surface area contributed by atoms with Gasteiger partial charge in [0, 0.05) is 29.0 Å². The van der Waals surface area contributed by atoms with Crippen molar-refractivity contribution in [2.75, 3.05) is 14.1 Å². The summed E-state index contributed by atoms with van der Waals surface area (Å²) in [7, 11) is 3.33. The van der Waals surface area contributed by atoms with Gasteiger partial charge >= 0.3 is 0 Å². The monoisotopic (exact) mass is 369 g/mol. The van der Waals surface area contributed by atoms with E-state index >= 15 is 0 Å². The van der Waals surface area contributed by atoms with Crippen molar-refractivity contribution in [3.05, 3.63) is 28.4 Å². The van der Waals surface area contributed by atoms with Crippen LogP contribution in [0.1, 0.15) is 10.5 Å². The first-order valence-corrected chi connectivity index (χ1v) is 7.40. The number of hydrogen-bond acceptors (Lipinski definition) is 5. The number of H-pyrrole nitrogens is 1. The Balaban J connectivity index is 2.51. The minimum Gasteiger partial charge on any atom is -0.364 e. The number of hydrogen-bond donors (Lipinski definition) is 2. The molecular formula is C12H12BrN5O2S. The molecule has 110 valence electrons. The van der Waals surface area contributed by atoms with Crippen molar-refractivity contribution < 1.29 is 9.59 Å². The molecule has 2 aromatic rings. The number of carbonyl (C=O) groups excluding carboxylic acids is 2. The van der Waals surface area contributed by atoms with Gasteiger partial charge in [0.05, 0.1) is 0 Å². The van der Waals surface area contributed by atoms with Crippen LogP contribution >= 0.6 is 27.7 Å². The Morgan fingerprint density at radius 2 is 2.05 bits per heavy atom. The molecule has 1 aromatic carbocycles. The van der Waals surface area contributed by atoms with Gasteiger partial charge in [0.25, 0.3) is 11.1 Å². The van der Waals surface area contributed by atoms with Crippen LogP contribution in [0.2, 0.25) is 0 Å². The van der Waals surface area contributed by atoms with E-state index < -0.39 is 5.91 Å². The molecule has 2 rings (SSSR count). The highest BCUT2D eigenvalue weighted by molar-refractivity contribution is 9.10. The van der Waals surface area contributed by atoms with Crippen LogP contribution in [0.3, 0.4) is 0 Å². The summed E-state index contributed by atoms with van der Waals surface area (Å²) in [5.74, 6) is -0.684. The number of nitrogens with zero attached hydrogens (tertiary/aromatic N) is 3. The normalized spacial score (nSPS) is 10.4. The van der Waals surface area contributed by atoms with Crippen LogP contribution in [0, 0.1) is 0 Å². The van der Waals surface area contributed by atoms with Gasteiger partial charge in [-0.1, -0.05) is 22.0 Å². The molecule has 1 heterocycles. The first-order valence-electron chi connectivity index (χ1n) is 5.79. The molecule has 9 heteroatoms. The molecule has 0 radical (unpaired) electrons. The van der Waals surface area contributed by atoms with E-state index in [4.69, 9.17) is 5.73 Å². The molecule has 0 saturated carbocycles. The largest absolute Gasteiger partial charge is 0.364 e. The summed E-state index contributed by atoms with van der Waals surface area (Å²) >= 11 is 4.39. The third-order valence-electron chi connectivity index (χ3n) is 2.54. The molecule has 7 nitrogen and oxygen atoms in total. The van der Waals surface area contributed by atoms with Crippen LogP contribution in [0.25, 0.3) is 11.3 Å². The highest BCUT2D eigenvalue weighted by Crippen LogP contribution is 2.34. The molecule has 21 heavy (non-hydrogen) atoms. The van der Waals surface area contributed by atoms with E-state index in [1.54, 1.807) is 32.3 Å². The van der Waals surface area contributed by atoms with Crippen LogP contribution in [0.4, 0.5) is 4.79 Å². The number of halogens is 1. The number of aromatic amines is 1. The number of thioether (sulfide) groups is 1. The maximum Gasteiger partial charge on any atom is 0.285 e. The fourth-order valence-corrected chi connectivity index (χ4v) is 2.90. The molecule has 2 amide bonds. The molecule has 0 fully saturated rings. The van der Waals surface area contributed by atoms with Gasteiger partial charge in [-0.15, -0.1) is 0 Å². The second kappa shape index (κ2) is 6.27. The topological polar surface area (TPSA) is 105 Å². The number of benzene rings is 1. The minimum absolute atomic E-state index is 0.0384. The average Bonchev–Trinajstić information content (AvgIpc) is 2.88. The quantitative estimate of drug-likeness (QED) is 0.805. The SMILES string of the molecule is CN(C)C(=O)Sc1cc(Br)ccc1-c1n[nH]nc1C(N)=O. The van der Waals surface area contributed by atoms with Gasteiger partial charge in [-0.05, 0) is 23.9 Å². The molecule has 0 saturated heterocycles. The summed E-state index contributed by atoms with van der Waals surface area (Å²) < 4.78 is 0.810. The predicted molar refractivity (Wildman–Crippen MR) is 83.0 cm³/mol. The predicted octanol–water partition coefficient (Wildman–Crippen LogP) is 2.11. The zero-order valence-corrected chi connectivity index (χ0v) is 13.7. The second-order valence-electron chi connectivity index (χ2n) is 4.29. The van der Waals surface area contributed by atoms with E-state index in [0.29, 0.717) is 16.2 Å². The van der Waals surface area contributed by atoms with E-state index in [1.165, 1.54) is 4.90 Å². The van der Waals surface area contributed by atoms with E-state index in [-0.39, 0.29) is 10.9 Å². The number of aromatic nitrogens is 3. The average molecular weight is 370 g/mol. The van der Waals surface area contributed by atoms with Gasteiger partial charge < -0.3 is 10.6 Å². The smallest absolute Gasteiger partial charge is 0.285 e. The van der Waals surface area contributed by atoms with Crippen LogP contribution in [0.5, 0.6) is 0 Å². The Morgan fingerprint density at radius 1 is 1.33 bits per heavy atom. The first kappa shape index (κ1) is 15.5. The summed E-state index contributed by atoms with van der Waals surface area (Å²) in [5, 5.41) is 9.94. The van der Waals surface area contributed by atoms with Gasteiger partial charge in [0.2, 0.25) is 0 Å². The molecule has 0 aliphatic rings. The maximum atomic E-state index is 11.9. The summed E-state index contributed by atoms with van der Waals surface area (Å²) in [4.78, 5) is 25.4. The highest BCUT2D eigenvalue weighted by atomic mass is 79.9. The third kappa shape index (κ3) is 3.42. The van der Waals surface area contributed by atoms with Gasteiger partial charge in [-0.3, -0.25) is 9.59 Å². The molecule has 0 atom stereocenters. The van der Waals surface area contributed by atoms with E-state index in [0.717, 1.165) is 16.2 Å². The first-order chi connectivity index (χ1) is 9.90. The highest BCUT2D eigenvalue weighted by Gasteiger charge is 2.20.